The maximum atomic E-state index is 6.20. The van der Waals surface area contributed by atoms with Crippen molar-refractivity contribution >= 4 is 25.6 Å². The zero-order valence-corrected chi connectivity index (χ0v) is 31.7. The molecule has 10 heteroatoms. The zero-order chi connectivity index (χ0) is 35.1. The quantitative estimate of drug-likeness (QED) is 0.150. The van der Waals surface area contributed by atoms with Gasteiger partial charge in [-0.1, -0.05) is 97.2 Å². The number of hydrogen-bond donors (Lipinski definition) is 0. The van der Waals surface area contributed by atoms with Crippen LogP contribution in [0.15, 0.2) is 109 Å². The van der Waals surface area contributed by atoms with Gasteiger partial charge in [-0.15, -0.1) is 0 Å². The van der Waals surface area contributed by atoms with Gasteiger partial charge < -0.3 is 37.9 Å². The van der Waals surface area contributed by atoms with Gasteiger partial charge >= 0.3 is 0 Å². The molecule has 0 fully saturated rings. The van der Waals surface area contributed by atoms with E-state index < -0.39 is 15.2 Å². The summed E-state index contributed by atoms with van der Waals surface area (Å²) in [5.74, 6) is 4.43. The zero-order valence-electron chi connectivity index (χ0n) is 29.7. The molecule has 0 atom stereocenters. The van der Waals surface area contributed by atoms with Gasteiger partial charge in [0.05, 0.1) is 41.6 Å². The first kappa shape index (κ1) is 37.0. The number of rotatable bonds is 0. The fourth-order valence-corrected chi connectivity index (χ4v) is 14.3. The summed E-state index contributed by atoms with van der Waals surface area (Å²) in [5, 5.41) is 2.75. The third kappa shape index (κ3) is 10.4. The first-order valence-corrected chi connectivity index (χ1v) is 24.3. The summed E-state index contributed by atoms with van der Waals surface area (Å²) in [4.78, 5) is 0. The number of benzene rings is 4. The van der Waals surface area contributed by atoms with E-state index in [-0.39, 0.29) is 0 Å². The molecule has 0 amide bonds. The fraction of sp³-hybridized carbons (Fsp3) is 0.350. The van der Waals surface area contributed by atoms with Gasteiger partial charge in [0.2, 0.25) is 0 Å². The average molecular weight is 715 g/mol. The van der Waals surface area contributed by atoms with Gasteiger partial charge in [0.25, 0.3) is 0 Å². The largest absolute Gasteiger partial charge is 0.490 e. The molecule has 8 nitrogen and oxygen atoms in total. The summed E-state index contributed by atoms with van der Waals surface area (Å²) in [5.41, 5.74) is 0. The summed E-state index contributed by atoms with van der Waals surface area (Å²) < 4.78 is 47.8. The van der Waals surface area contributed by atoms with Gasteiger partial charge in [-0.3, -0.25) is 0 Å². The van der Waals surface area contributed by atoms with E-state index in [1.807, 2.05) is 72.8 Å². The van der Waals surface area contributed by atoms with Crippen molar-refractivity contribution in [1.29, 1.82) is 0 Å². The lowest BCUT2D eigenvalue weighted by Crippen LogP contribution is -2.69. The third-order valence-electron chi connectivity index (χ3n) is 9.16. The van der Waals surface area contributed by atoms with E-state index in [9.17, 15) is 0 Å². The Hall–Kier alpha value is -4.23. The van der Waals surface area contributed by atoms with Crippen molar-refractivity contribution in [2.45, 2.75) is 26.2 Å². The monoisotopic (exact) mass is 714 g/mol. The number of fused-ring (bicyclic) bond motifs is 6. The maximum absolute atomic E-state index is 6.20. The highest BCUT2D eigenvalue weighted by Crippen LogP contribution is 2.28. The smallest absolute Gasteiger partial charge is 0.161 e. The van der Waals surface area contributed by atoms with Gasteiger partial charge in [0.1, 0.15) is 51.1 Å². The van der Waals surface area contributed by atoms with Crippen molar-refractivity contribution in [2.24, 2.45) is 0 Å². The predicted molar refractivity (Wildman–Crippen MR) is 204 cm³/mol. The molecule has 266 valence electrons. The van der Waals surface area contributed by atoms with Crippen molar-refractivity contribution in [3.63, 3.8) is 0 Å². The SMILES string of the molecule is C[Si]1(C)c2cccc(c2)OCCOc2ccccc2OCCOCC=CCOCCOc2ccccc2OCCOc2cccc(c2)[Si]1(C)C. The van der Waals surface area contributed by atoms with Crippen LogP contribution >= 0.6 is 0 Å². The van der Waals surface area contributed by atoms with Crippen LogP contribution in [0, 0.1) is 0 Å². The molecule has 1 aliphatic heterocycles. The van der Waals surface area contributed by atoms with E-state index in [0.29, 0.717) is 89.1 Å². The van der Waals surface area contributed by atoms with Crippen molar-refractivity contribution in [3.05, 3.63) is 109 Å². The lowest BCUT2D eigenvalue weighted by atomic mass is 10.3. The van der Waals surface area contributed by atoms with Gasteiger partial charge in [-0.25, -0.2) is 0 Å². The van der Waals surface area contributed by atoms with E-state index >= 15 is 0 Å². The lowest BCUT2D eigenvalue weighted by Gasteiger charge is -2.39. The van der Waals surface area contributed by atoms with Crippen LogP contribution in [-0.2, 0) is 9.47 Å². The van der Waals surface area contributed by atoms with Gasteiger partial charge in [-0.05, 0) is 48.5 Å². The Kier molecular flexibility index (Phi) is 13.8. The second-order valence-corrected chi connectivity index (χ2v) is 28.1. The normalized spacial score (nSPS) is 17.8. The minimum absolute atomic E-state index is 0.394. The fourth-order valence-electron chi connectivity index (χ4n) is 5.53. The van der Waals surface area contributed by atoms with Crippen molar-refractivity contribution in [3.8, 4) is 34.5 Å². The van der Waals surface area contributed by atoms with E-state index in [1.165, 1.54) is 10.4 Å². The molecule has 5 rings (SSSR count). The van der Waals surface area contributed by atoms with Gasteiger partial charge in [0.15, 0.2) is 23.0 Å². The van der Waals surface area contributed by atoms with Crippen LogP contribution in [-0.4, -0.2) is 81.3 Å². The second kappa shape index (κ2) is 18.7. The molecule has 4 aromatic rings. The maximum Gasteiger partial charge on any atom is 0.161 e. The molecule has 1 aliphatic rings. The molecule has 4 bridgehead atoms. The molecule has 0 radical (unpaired) electrons. The standard InChI is InChI=1S/C40H50O8Si2/c1-49(2)35-15-11-13-33(31-35)43-27-29-47-39-19-7-5-17-37(39)45-25-23-41-21-9-10-22-42-24-26-46-38-18-6-8-20-40(38)48-30-28-44-34-14-12-16-36(32-34)50(49,3)4/h5-20,31-32H,21-30H2,1-4H3. The van der Waals surface area contributed by atoms with Crippen molar-refractivity contribution in [1.82, 2.24) is 0 Å². The van der Waals surface area contributed by atoms with E-state index in [0.717, 1.165) is 11.5 Å². The van der Waals surface area contributed by atoms with Crippen LogP contribution in [0.1, 0.15) is 0 Å². The average Bonchev–Trinajstić information content (AvgIpc) is 3.13. The molecule has 4 aromatic carbocycles. The molecule has 0 saturated carbocycles. The summed E-state index contributed by atoms with van der Waals surface area (Å²) in [6.45, 7) is 14.2. The topological polar surface area (TPSA) is 73.8 Å². The molecule has 50 heavy (non-hydrogen) atoms. The number of ether oxygens (including phenoxy) is 8. The molecule has 0 N–H and O–H groups in total. The predicted octanol–water partition coefficient (Wildman–Crippen LogP) is 6.57. The molecular formula is C40H50O8Si2. The Morgan fingerprint density at radius 1 is 0.380 bits per heavy atom. The summed E-state index contributed by atoms with van der Waals surface area (Å²) in [6, 6.07) is 32.6. The Bertz CT molecular complexity index is 1540. The van der Waals surface area contributed by atoms with Crippen LogP contribution in [0.25, 0.3) is 0 Å². The van der Waals surface area contributed by atoms with Gasteiger partial charge in [0, 0.05) is 0 Å². The first-order valence-electron chi connectivity index (χ1n) is 17.3. The summed E-state index contributed by atoms with van der Waals surface area (Å²) >= 11 is 0. The summed E-state index contributed by atoms with van der Waals surface area (Å²) in [7, 11) is -3.87. The molecule has 1 heterocycles. The molecular weight excluding hydrogens is 665 g/mol. The first-order chi connectivity index (χ1) is 24.3. The Balaban J connectivity index is 1.27. The molecule has 0 aliphatic carbocycles. The van der Waals surface area contributed by atoms with Crippen LogP contribution < -0.4 is 38.8 Å². The number of hydrogen-bond acceptors (Lipinski definition) is 8. The van der Waals surface area contributed by atoms with Crippen LogP contribution in [0.2, 0.25) is 26.2 Å². The van der Waals surface area contributed by atoms with Crippen molar-refractivity contribution < 1.29 is 37.9 Å². The highest BCUT2D eigenvalue weighted by molar-refractivity contribution is 7.50. The van der Waals surface area contributed by atoms with E-state index in [4.69, 9.17) is 37.9 Å². The van der Waals surface area contributed by atoms with Crippen LogP contribution in [0.5, 0.6) is 34.5 Å². The Labute approximate surface area is 298 Å². The Morgan fingerprint density at radius 3 is 1.10 bits per heavy atom. The van der Waals surface area contributed by atoms with Crippen molar-refractivity contribution in [2.75, 3.05) is 66.1 Å². The van der Waals surface area contributed by atoms with E-state index in [1.54, 1.807) is 0 Å². The molecule has 0 spiro atoms. The third-order valence-corrected chi connectivity index (χ3v) is 26.9. The number of para-hydroxylation sites is 4. The molecule has 0 unspecified atom stereocenters. The lowest BCUT2D eigenvalue weighted by molar-refractivity contribution is 0.112. The molecule has 0 saturated heterocycles. The minimum atomic E-state index is -1.94. The molecule has 0 aromatic heterocycles. The Morgan fingerprint density at radius 2 is 0.720 bits per heavy atom. The minimum Gasteiger partial charge on any atom is -0.490 e. The highest BCUT2D eigenvalue weighted by atomic mass is 29.3. The van der Waals surface area contributed by atoms with Crippen LogP contribution in [0.4, 0.5) is 0 Å². The second-order valence-electron chi connectivity index (χ2n) is 12.9. The summed E-state index contributed by atoms with van der Waals surface area (Å²) in [6.07, 6.45) is 3.87. The van der Waals surface area contributed by atoms with Crippen LogP contribution in [0.3, 0.4) is 0 Å². The van der Waals surface area contributed by atoms with Gasteiger partial charge in [-0.2, -0.15) is 0 Å². The van der Waals surface area contributed by atoms with E-state index in [2.05, 4.69) is 62.6 Å². The highest BCUT2D eigenvalue weighted by Gasteiger charge is 2.44.